The maximum Gasteiger partial charge on any atom is 0.251 e. The Morgan fingerprint density at radius 3 is 2.81 bits per heavy atom. The number of carbonyl (C=O) groups excluding carboxylic acids is 1. The van der Waals surface area contributed by atoms with Gasteiger partial charge in [-0.25, -0.2) is 0 Å². The van der Waals surface area contributed by atoms with E-state index in [1.807, 2.05) is 49.1 Å². The zero-order valence-electron chi connectivity index (χ0n) is 13.0. The van der Waals surface area contributed by atoms with Crippen molar-refractivity contribution in [2.45, 2.75) is 45.4 Å². The fourth-order valence-corrected chi connectivity index (χ4v) is 2.51. The highest BCUT2D eigenvalue weighted by Gasteiger charge is 2.23. The van der Waals surface area contributed by atoms with Crippen LogP contribution < -0.4 is 0 Å². The Balaban J connectivity index is 1.83. The molecular weight excluding hydrogens is 266 g/mol. The molecule has 116 valence electrons. The van der Waals surface area contributed by atoms with Crippen molar-refractivity contribution in [1.82, 2.24) is 4.90 Å². The third-order valence-corrected chi connectivity index (χ3v) is 3.81. The van der Waals surface area contributed by atoms with Gasteiger partial charge < -0.3 is 14.4 Å². The molecule has 2 rings (SSSR count). The van der Waals surface area contributed by atoms with Crippen molar-refractivity contribution in [2.75, 3.05) is 19.8 Å². The Labute approximate surface area is 127 Å². The average molecular weight is 291 g/mol. The first kappa shape index (κ1) is 16.0. The molecule has 1 aromatic carbocycles. The topological polar surface area (TPSA) is 38.8 Å². The van der Waals surface area contributed by atoms with E-state index in [0.717, 1.165) is 25.0 Å². The summed E-state index contributed by atoms with van der Waals surface area (Å²) >= 11 is 0. The zero-order valence-corrected chi connectivity index (χ0v) is 13.0. The SMILES string of the molecule is CCN(Cc1ccccc1)C(=O)[C@@H](C)OC[C@H]1CCCO1. The Morgan fingerprint density at radius 2 is 2.19 bits per heavy atom. The maximum absolute atomic E-state index is 12.4. The monoisotopic (exact) mass is 291 g/mol. The Kier molecular flexibility index (Phi) is 6.21. The lowest BCUT2D eigenvalue weighted by atomic mass is 10.2. The van der Waals surface area contributed by atoms with E-state index in [-0.39, 0.29) is 12.0 Å². The van der Waals surface area contributed by atoms with Crippen molar-refractivity contribution in [3.8, 4) is 0 Å². The van der Waals surface area contributed by atoms with E-state index in [1.54, 1.807) is 0 Å². The summed E-state index contributed by atoms with van der Waals surface area (Å²) in [6.45, 7) is 6.45. The smallest absolute Gasteiger partial charge is 0.251 e. The molecule has 4 heteroatoms. The predicted molar refractivity (Wildman–Crippen MR) is 81.9 cm³/mol. The number of hydrogen-bond acceptors (Lipinski definition) is 3. The fourth-order valence-electron chi connectivity index (χ4n) is 2.51. The van der Waals surface area contributed by atoms with Gasteiger partial charge in [-0.1, -0.05) is 30.3 Å². The largest absolute Gasteiger partial charge is 0.376 e. The molecule has 2 atom stereocenters. The first-order valence-electron chi connectivity index (χ1n) is 7.76. The highest BCUT2D eigenvalue weighted by molar-refractivity contribution is 5.80. The molecule has 0 bridgehead atoms. The highest BCUT2D eigenvalue weighted by Crippen LogP contribution is 2.14. The normalized spacial score (nSPS) is 19.4. The predicted octanol–water partition coefficient (Wildman–Crippen LogP) is 2.62. The Morgan fingerprint density at radius 1 is 1.43 bits per heavy atom. The van der Waals surface area contributed by atoms with Crippen molar-refractivity contribution in [3.63, 3.8) is 0 Å². The van der Waals surface area contributed by atoms with Gasteiger partial charge in [-0.05, 0) is 32.3 Å². The molecule has 1 amide bonds. The van der Waals surface area contributed by atoms with Gasteiger partial charge in [0.1, 0.15) is 6.10 Å². The molecule has 21 heavy (non-hydrogen) atoms. The number of benzene rings is 1. The summed E-state index contributed by atoms with van der Waals surface area (Å²) in [5.74, 6) is 0.0411. The van der Waals surface area contributed by atoms with Crippen LogP contribution in [0.2, 0.25) is 0 Å². The van der Waals surface area contributed by atoms with Crippen LogP contribution in [0.15, 0.2) is 30.3 Å². The molecule has 4 nitrogen and oxygen atoms in total. The molecule has 1 aromatic rings. The van der Waals surface area contributed by atoms with Crippen LogP contribution in [0.25, 0.3) is 0 Å². The summed E-state index contributed by atoms with van der Waals surface area (Å²) < 4.78 is 11.2. The minimum atomic E-state index is -0.419. The van der Waals surface area contributed by atoms with Crippen LogP contribution in [0, 0.1) is 0 Å². The van der Waals surface area contributed by atoms with Crippen LogP contribution in [0.5, 0.6) is 0 Å². The van der Waals surface area contributed by atoms with Gasteiger partial charge in [0, 0.05) is 19.7 Å². The second-order valence-electron chi connectivity index (χ2n) is 5.45. The summed E-state index contributed by atoms with van der Waals surface area (Å²) in [4.78, 5) is 14.3. The number of likely N-dealkylation sites (N-methyl/N-ethyl adjacent to an activating group) is 1. The number of carbonyl (C=O) groups is 1. The van der Waals surface area contributed by atoms with Crippen LogP contribution in [0.4, 0.5) is 0 Å². The summed E-state index contributed by atoms with van der Waals surface area (Å²) in [5, 5.41) is 0. The van der Waals surface area contributed by atoms with E-state index >= 15 is 0 Å². The van der Waals surface area contributed by atoms with E-state index < -0.39 is 6.10 Å². The third-order valence-electron chi connectivity index (χ3n) is 3.81. The lowest BCUT2D eigenvalue weighted by Crippen LogP contribution is -2.39. The van der Waals surface area contributed by atoms with Crippen LogP contribution in [0.1, 0.15) is 32.3 Å². The number of hydrogen-bond donors (Lipinski definition) is 0. The van der Waals surface area contributed by atoms with Crippen molar-refractivity contribution >= 4 is 5.91 Å². The third kappa shape index (κ3) is 4.83. The van der Waals surface area contributed by atoms with Gasteiger partial charge >= 0.3 is 0 Å². The lowest BCUT2D eigenvalue weighted by molar-refractivity contribution is -0.145. The van der Waals surface area contributed by atoms with Crippen LogP contribution >= 0.6 is 0 Å². The molecule has 1 fully saturated rings. The van der Waals surface area contributed by atoms with E-state index in [4.69, 9.17) is 9.47 Å². The number of nitrogens with zero attached hydrogens (tertiary/aromatic N) is 1. The number of ether oxygens (including phenoxy) is 2. The maximum atomic E-state index is 12.4. The van der Waals surface area contributed by atoms with Crippen molar-refractivity contribution < 1.29 is 14.3 Å². The average Bonchev–Trinajstić information content (AvgIpc) is 3.04. The Hall–Kier alpha value is -1.39. The van der Waals surface area contributed by atoms with E-state index in [1.165, 1.54) is 0 Å². The molecule has 1 aliphatic heterocycles. The van der Waals surface area contributed by atoms with Crippen LogP contribution in [-0.4, -0.2) is 42.8 Å². The first-order valence-corrected chi connectivity index (χ1v) is 7.76. The molecule has 0 aromatic heterocycles. The molecule has 0 saturated carbocycles. The number of amides is 1. The summed E-state index contributed by atoms with van der Waals surface area (Å²) in [6.07, 6.45) is 1.86. The van der Waals surface area contributed by atoms with Crippen molar-refractivity contribution in [2.24, 2.45) is 0 Å². The molecule has 1 heterocycles. The Bertz CT molecular complexity index is 429. The van der Waals surface area contributed by atoms with Gasteiger partial charge in [-0.15, -0.1) is 0 Å². The summed E-state index contributed by atoms with van der Waals surface area (Å²) in [5.41, 5.74) is 1.14. The quantitative estimate of drug-likeness (QED) is 0.775. The van der Waals surface area contributed by atoms with Crippen LogP contribution in [0.3, 0.4) is 0 Å². The molecule has 1 aliphatic rings. The molecule has 0 spiro atoms. The molecule has 0 radical (unpaired) electrons. The highest BCUT2D eigenvalue weighted by atomic mass is 16.5. The van der Waals surface area contributed by atoms with Gasteiger partial charge in [0.05, 0.1) is 12.7 Å². The molecular formula is C17H25NO3. The van der Waals surface area contributed by atoms with E-state index in [2.05, 4.69) is 0 Å². The first-order chi connectivity index (χ1) is 10.2. The summed E-state index contributed by atoms with van der Waals surface area (Å²) in [7, 11) is 0. The van der Waals surface area contributed by atoms with Gasteiger partial charge in [0.2, 0.25) is 0 Å². The summed E-state index contributed by atoms with van der Waals surface area (Å²) in [6, 6.07) is 10.0. The zero-order chi connectivity index (χ0) is 15.1. The molecule has 0 aliphatic carbocycles. The standard InChI is InChI=1S/C17H25NO3/c1-3-18(12-15-8-5-4-6-9-15)17(19)14(2)21-13-16-10-7-11-20-16/h4-6,8-9,14,16H,3,7,10-13H2,1-2H3/t14-,16-/m1/s1. The van der Waals surface area contributed by atoms with Gasteiger partial charge in [0.15, 0.2) is 0 Å². The van der Waals surface area contributed by atoms with E-state index in [9.17, 15) is 4.79 Å². The molecule has 1 saturated heterocycles. The van der Waals surface area contributed by atoms with Crippen molar-refractivity contribution in [1.29, 1.82) is 0 Å². The van der Waals surface area contributed by atoms with Crippen molar-refractivity contribution in [3.05, 3.63) is 35.9 Å². The van der Waals surface area contributed by atoms with Gasteiger partial charge in [-0.3, -0.25) is 4.79 Å². The van der Waals surface area contributed by atoms with E-state index in [0.29, 0.717) is 19.7 Å². The fraction of sp³-hybridized carbons (Fsp3) is 0.588. The minimum absolute atomic E-state index is 0.0411. The second kappa shape index (κ2) is 8.15. The van der Waals surface area contributed by atoms with Gasteiger partial charge in [0.25, 0.3) is 5.91 Å². The lowest BCUT2D eigenvalue weighted by Gasteiger charge is -2.25. The molecule has 0 N–H and O–H groups in total. The van der Waals surface area contributed by atoms with Crippen LogP contribution in [-0.2, 0) is 20.8 Å². The van der Waals surface area contributed by atoms with Gasteiger partial charge in [-0.2, -0.15) is 0 Å². The minimum Gasteiger partial charge on any atom is -0.376 e. The number of rotatable bonds is 7. The molecule has 0 unspecified atom stereocenters. The second-order valence-corrected chi connectivity index (χ2v) is 5.45.